The minimum absolute atomic E-state index is 0.120. The topological polar surface area (TPSA) is 81.4 Å². The number of halogens is 1. The Hall–Kier alpha value is -3.62. The average Bonchev–Trinajstić information content (AvgIpc) is 3.29. The number of aryl methyl sites for hydroxylation is 1. The van der Waals surface area contributed by atoms with Gasteiger partial charge >= 0.3 is 0 Å². The van der Waals surface area contributed by atoms with E-state index in [1.807, 2.05) is 91.2 Å². The van der Waals surface area contributed by atoms with Crippen LogP contribution in [0, 0.1) is 6.92 Å². The Morgan fingerprint density at radius 2 is 1.83 bits per heavy atom. The van der Waals surface area contributed by atoms with Gasteiger partial charge in [0, 0.05) is 21.8 Å². The first-order valence-corrected chi connectivity index (χ1v) is 12.4. The number of hydrazone groups is 1. The lowest BCUT2D eigenvalue weighted by molar-refractivity contribution is -0.118. The molecule has 0 unspecified atom stereocenters. The summed E-state index contributed by atoms with van der Waals surface area (Å²) in [5.41, 5.74) is 6.27. The van der Waals surface area contributed by atoms with Crippen LogP contribution in [-0.4, -0.2) is 39.2 Å². The smallest absolute Gasteiger partial charge is 0.250 e. The Morgan fingerprint density at radius 3 is 2.57 bits per heavy atom. The van der Waals surface area contributed by atoms with Gasteiger partial charge in [-0.3, -0.25) is 9.36 Å². The highest BCUT2D eigenvalue weighted by Gasteiger charge is 2.17. The summed E-state index contributed by atoms with van der Waals surface area (Å²) in [4.78, 5) is 12.5. The summed E-state index contributed by atoms with van der Waals surface area (Å²) < 4.78 is 7.51. The van der Waals surface area contributed by atoms with Crippen LogP contribution in [0.25, 0.3) is 17.1 Å². The molecule has 178 valence electrons. The number of carbonyl (C=O) groups excluding carboxylic acids is 1. The molecule has 4 aromatic rings. The lowest BCUT2D eigenvalue weighted by Gasteiger charge is -2.11. The van der Waals surface area contributed by atoms with E-state index in [0.717, 1.165) is 22.4 Å². The summed E-state index contributed by atoms with van der Waals surface area (Å²) in [5.74, 6) is 1.24. The number of thioether (sulfide) groups is 1. The van der Waals surface area contributed by atoms with Gasteiger partial charge in [-0.2, -0.15) is 5.10 Å². The molecule has 35 heavy (non-hydrogen) atoms. The third kappa shape index (κ3) is 6.29. The SMILES string of the molecule is CCOc1ccccc1C=NNC(=O)CSc1nnc(-c2ccc(Cl)cc2)n1-c1ccc(C)cc1. The fourth-order valence-electron chi connectivity index (χ4n) is 3.29. The number of rotatable bonds is 9. The van der Waals surface area contributed by atoms with E-state index in [9.17, 15) is 4.79 Å². The maximum Gasteiger partial charge on any atom is 0.250 e. The number of nitrogens with one attached hydrogen (secondary N) is 1. The number of benzene rings is 3. The van der Waals surface area contributed by atoms with Crippen molar-refractivity contribution in [2.45, 2.75) is 19.0 Å². The second kappa shape index (κ2) is 11.7. The van der Waals surface area contributed by atoms with Gasteiger partial charge in [-0.15, -0.1) is 10.2 Å². The van der Waals surface area contributed by atoms with Crippen LogP contribution in [0.15, 0.2) is 83.1 Å². The molecule has 1 heterocycles. The molecule has 0 saturated heterocycles. The summed E-state index contributed by atoms with van der Waals surface area (Å²) in [7, 11) is 0. The average molecular weight is 506 g/mol. The highest BCUT2D eigenvalue weighted by Crippen LogP contribution is 2.29. The highest BCUT2D eigenvalue weighted by atomic mass is 35.5. The molecule has 0 aliphatic rings. The molecule has 1 aromatic heterocycles. The molecule has 0 bridgehead atoms. The largest absolute Gasteiger partial charge is 0.493 e. The standard InChI is InChI=1S/C26H24ClN5O2S/c1-3-34-23-7-5-4-6-20(23)16-28-29-24(33)17-35-26-31-30-25(19-10-12-21(27)13-11-19)32(26)22-14-8-18(2)9-15-22/h4-16H,3,17H2,1-2H3,(H,29,33). The molecule has 9 heteroatoms. The third-order valence-corrected chi connectivity index (χ3v) is 6.15. The van der Waals surface area contributed by atoms with E-state index >= 15 is 0 Å². The second-order valence-corrected chi connectivity index (χ2v) is 8.92. The Kier molecular flexibility index (Phi) is 8.18. The van der Waals surface area contributed by atoms with Crippen molar-refractivity contribution < 1.29 is 9.53 Å². The van der Waals surface area contributed by atoms with Gasteiger partial charge in [-0.05, 0) is 62.4 Å². The predicted molar refractivity (Wildman–Crippen MR) is 141 cm³/mol. The minimum Gasteiger partial charge on any atom is -0.493 e. The normalized spacial score (nSPS) is 11.1. The van der Waals surface area contributed by atoms with Crippen molar-refractivity contribution in [2.24, 2.45) is 5.10 Å². The molecular formula is C26H24ClN5O2S. The van der Waals surface area contributed by atoms with Gasteiger partial charge in [0.2, 0.25) is 0 Å². The number of hydrogen-bond donors (Lipinski definition) is 1. The van der Waals surface area contributed by atoms with E-state index < -0.39 is 0 Å². The van der Waals surface area contributed by atoms with Crippen LogP contribution in [0.1, 0.15) is 18.1 Å². The van der Waals surface area contributed by atoms with Gasteiger partial charge in [0.15, 0.2) is 11.0 Å². The molecule has 0 fully saturated rings. The number of nitrogens with zero attached hydrogens (tertiary/aromatic N) is 4. The van der Waals surface area contributed by atoms with Gasteiger partial charge < -0.3 is 4.74 Å². The van der Waals surface area contributed by atoms with Gasteiger partial charge in [-0.25, -0.2) is 5.43 Å². The lowest BCUT2D eigenvalue weighted by atomic mass is 10.2. The molecule has 0 spiro atoms. The van der Waals surface area contributed by atoms with Crippen LogP contribution in [0.5, 0.6) is 5.75 Å². The molecule has 0 atom stereocenters. The van der Waals surface area contributed by atoms with Gasteiger partial charge in [0.05, 0.1) is 18.6 Å². The zero-order chi connectivity index (χ0) is 24.6. The quantitative estimate of drug-likeness (QED) is 0.183. The zero-order valence-electron chi connectivity index (χ0n) is 19.3. The summed E-state index contributed by atoms with van der Waals surface area (Å²) >= 11 is 7.34. The number of ether oxygens (including phenoxy) is 1. The predicted octanol–water partition coefficient (Wildman–Crippen LogP) is 5.54. The molecule has 0 saturated carbocycles. The van der Waals surface area contributed by atoms with Crippen molar-refractivity contribution in [3.05, 3.63) is 88.9 Å². The number of hydrogen-bond acceptors (Lipinski definition) is 6. The minimum atomic E-state index is -0.258. The summed E-state index contributed by atoms with van der Waals surface area (Å²) in [6, 6.07) is 23.0. The zero-order valence-corrected chi connectivity index (χ0v) is 20.9. The number of carbonyl (C=O) groups is 1. The van der Waals surface area contributed by atoms with Crippen LogP contribution in [0.3, 0.4) is 0 Å². The third-order valence-electron chi connectivity index (χ3n) is 4.97. The van der Waals surface area contributed by atoms with Crippen molar-refractivity contribution >= 4 is 35.5 Å². The van der Waals surface area contributed by atoms with Gasteiger partial charge in [0.1, 0.15) is 5.75 Å². The molecule has 3 aromatic carbocycles. The van der Waals surface area contributed by atoms with Crippen LogP contribution in [0.4, 0.5) is 0 Å². The Labute approximate surface area is 213 Å². The summed E-state index contributed by atoms with van der Waals surface area (Å²) in [5, 5.41) is 14.1. The molecule has 0 aliphatic carbocycles. The van der Waals surface area contributed by atoms with Crippen LogP contribution in [0.2, 0.25) is 5.02 Å². The van der Waals surface area contributed by atoms with E-state index in [-0.39, 0.29) is 11.7 Å². The van der Waals surface area contributed by atoms with E-state index in [2.05, 4.69) is 20.7 Å². The molecular weight excluding hydrogens is 482 g/mol. The summed E-state index contributed by atoms with van der Waals surface area (Å²) in [6.45, 7) is 4.50. The van der Waals surface area contributed by atoms with E-state index in [1.165, 1.54) is 11.8 Å². The van der Waals surface area contributed by atoms with Crippen molar-refractivity contribution in [3.63, 3.8) is 0 Å². The lowest BCUT2D eigenvalue weighted by Crippen LogP contribution is -2.20. The number of aromatic nitrogens is 3. The summed E-state index contributed by atoms with van der Waals surface area (Å²) in [6.07, 6.45) is 1.57. The van der Waals surface area contributed by atoms with Crippen molar-refractivity contribution in [3.8, 4) is 22.8 Å². The van der Waals surface area contributed by atoms with Crippen molar-refractivity contribution in [1.82, 2.24) is 20.2 Å². The molecule has 4 rings (SSSR count). The number of para-hydroxylation sites is 1. The Bertz CT molecular complexity index is 1320. The maximum atomic E-state index is 12.5. The number of amides is 1. The van der Waals surface area contributed by atoms with Crippen LogP contribution >= 0.6 is 23.4 Å². The highest BCUT2D eigenvalue weighted by molar-refractivity contribution is 7.99. The van der Waals surface area contributed by atoms with E-state index in [1.54, 1.807) is 6.21 Å². The molecule has 7 nitrogen and oxygen atoms in total. The van der Waals surface area contributed by atoms with Crippen molar-refractivity contribution in [1.29, 1.82) is 0 Å². The van der Waals surface area contributed by atoms with E-state index in [0.29, 0.717) is 28.4 Å². The fourth-order valence-corrected chi connectivity index (χ4v) is 4.16. The van der Waals surface area contributed by atoms with Crippen LogP contribution in [-0.2, 0) is 4.79 Å². The first kappa shape index (κ1) is 24.5. The second-order valence-electron chi connectivity index (χ2n) is 7.54. The Morgan fingerprint density at radius 1 is 1.09 bits per heavy atom. The molecule has 0 radical (unpaired) electrons. The first-order valence-electron chi connectivity index (χ1n) is 11.0. The monoisotopic (exact) mass is 505 g/mol. The van der Waals surface area contributed by atoms with Gasteiger partial charge in [-0.1, -0.05) is 53.2 Å². The first-order chi connectivity index (χ1) is 17.0. The van der Waals surface area contributed by atoms with Crippen molar-refractivity contribution in [2.75, 3.05) is 12.4 Å². The fraction of sp³-hybridized carbons (Fsp3) is 0.154. The molecule has 1 amide bonds. The molecule has 1 N–H and O–H groups in total. The van der Waals surface area contributed by atoms with Gasteiger partial charge in [0.25, 0.3) is 5.91 Å². The maximum absolute atomic E-state index is 12.5. The molecule has 0 aliphatic heterocycles. The Balaban J connectivity index is 1.49. The van der Waals surface area contributed by atoms with E-state index in [4.69, 9.17) is 16.3 Å². The van der Waals surface area contributed by atoms with Crippen LogP contribution < -0.4 is 10.2 Å².